The summed E-state index contributed by atoms with van der Waals surface area (Å²) in [5.41, 5.74) is -0.431. The van der Waals surface area contributed by atoms with Crippen LogP contribution in [0.4, 0.5) is 0 Å². The summed E-state index contributed by atoms with van der Waals surface area (Å²) in [6, 6.07) is 1.29. The largest absolute Gasteiger partial charge is 0.465 e. The van der Waals surface area contributed by atoms with Crippen molar-refractivity contribution < 1.29 is 9.53 Å². The molecular formula is C15H28N2O2. The lowest BCUT2D eigenvalue weighted by Gasteiger charge is -2.30. The molecule has 2 rings (SSSR count). The van der Waals surface area contributed by atoms with Crippen LogP contribution in [0.2, 0.25) is 0 Å². The molecule has 0 amide bonds. The van der Waals surface area contributed by atoms with E-state index in [-0.39, 0.29) is 5.97 Å². The van der Waals surface area contributed by atoms with Crippen LogP contribution in [-0.2, 0) is 9.53 Å². The molecule has 4 nitrogen and oxygen atoms in total. The molecule has 0 aliphatic heterocycles. The number of hydrogen-bond donors (Lipinski definition) is 1. The van der Waals surface area contributed by atoms with E-state index in [1.807, 2.05) is 6.92 Å². The van der Waals surface area contributed by atoms with Crippen molar-refractivity contribution in [3.05, 3.63) is 0 Å². The molecule has 1 N–H and O–H groups in total. The number of nitrogens with one attached hydrogen (secondary N) is 1. The third-order valence-corrected chi connectivity index (χ3v) is 4.57. The quantitative estimate of drug-likeness (QED) is 0.716. The van der Waals surface area contributed by atoms with Gasteiger partial charge in [0.15, 0.2) is 0 Å². The van der Waals surface area contributed by atoms with Crippen molar-refractivity contribution in [1.29, 1.82) is 0 Å². The minimum Gasteiger partial charge on any atom is -0.465 e. The molecule has 19 heavy (non-hydrogen) atoms. The second-order valence-corrected chi connectivity index (χ2v) is 6.02. The van der Waals surface area contributed by atoms with Crippen molar-refractivity contribution in [3.8, 4) is 0 Å². The molecule has 0 aromatic heterocycles. The Bertz CT molecular complexity index is 317. The molecule has 110 valence electrons. The van der Waals surface area contributed by atoms with Crippen LogP contribution in [0.3, 0.4) is 0 Å². The highest BCUT2D eigenvalue weighted by atomic mass is 16.5. The van der Waals surface area contributed by atoms with Crippen LogP contribution in [-0.4, -0.2) is 48.7 Å². The zero-order valence-electron chi connectivity index (χ0n) is 12.6. The highest BCUT2D eigenvalue weighted by molar-refractivity contribution is 5.81. The molecule has 0 spiro atoms. The zero-order chi connectivity index (χ0) is 13.9. The van der Waals surface area contributed by atoms with E-state index in [2.05, 4.69) is 24.2 Å². The molecule has 2 aliphatic carbocycles. The van der Waals surface area contributed by atoms with Gasteiger partial charge in [-0.3, -0.25) is 4.79 Å². The first-order valence-electron chi connectivity index (χ1n) is 7.77. The minimum absolute atomic E-state index is 0.0462. The summed E-state index contributed by atoms with van der Waals surface area (Å²) in [7, 11) is 2.21. The maximum absolute atomic E-state index is 12.3. The van der Waals surface area contributed by atoms with E-state index in [1.54, 1.807) is 0 Å². The lowest BCUT2D eigenvalue weighted by atomic mass is 9.97. The molecule has 4 heteroatoms. The fourth-order valence-electron chi connectivity index (χ4n) is 3.20. The molecule has 0 saturated heterocycles. The molecule has 2 atom stereocenters. The second kappa shape index (κ2) is 6.23. The molecule has 0 aromatic rings. The maximum Gasteiger partial charge on any atom is 0.326 e. The molecule has 0 radical (unpaired) electrons. The van der Waals surface area contributed by atoms with Crippen LogP contribution in [0.1, 0.15) is 52.4 Å². The first kappa shape index (κ1) is 14.8. The van der Waals surface area contributed by atoms with E-state index < -0.39 is 5.54 Å². The zero-order valence-corrected chi connectivity index (χ0v) is 12.6. The fourth-order valence-corrected chi connectivity index (χ4v) is 3.20. The summed E-state index contributed by atoms with van der Waals surface area (Å²) in [6.07, 6.45) is 6.60. The highest BCUT2D eigenvalue weighted by Gasteiger charge is 2.48. The Morgan fingerprint density at radius 1 is 1.32 bits per heavy atom. The number of hydrogen-bond acceptors (Lipinski definition) is 4. The molecule has 2 aliphatic rings. The number of carbonyl (C=O) groups excluding carboxylic acids is 1. The Morgan fingerprint density at radius 2 is 2.05 bits per heavy atom. The van der Waals surface area contributed by atoms with E-state index in [1.165, 1.54) is 12.8 Å². The summed E-state index contributed by atoms with van der Waals surface area (Å²) in [4.78, 5) is 14.8. The highest BCUT2D eigenvalue weighted by Crippen LogP contribution is 2.38. The maximum atomic E-state index is 12.3. The van der Waals surface area contributed by atoms with Crippen molar-refractivity contribution >= 4 is 5.97 Å². The number of rotatable bonds is 7. The van der Waals surface area contributed by atoms with Gasteiger partial charge in [0, 0.05) is 12.1 Å². The van der Waals surface area contributed by atoms with Gasteiger partial charge in [-0.15, -0.1) is 0 Å². The summed E-state index contributed by atoms with van der Waals surface area (Å²) in [6.45, 7) is 5.37. The van der Waals surface area contributed by atoms with Crippen LogP contribution in [0, 0.1) is 0 Å². The first-order valence-corrected chi connectivity index (χ1v) is 7.77. The summed E-state index contributed by atoms with van der Waals surface area (Å²) >= 11 is 0. The van der Waals surface area contributed by atoms with Gasteiger partial charge in [-0.1, -0.05) is 6.92 Å². The molecular weight excluding hydrogens is 240 g/mol. The van der Waals surface area contributed by atoms with Crippen molar-refractivity contribution in [2.75, 3.05) is 20.2 Å². The Hall–Kier alpha value is -0.610. The van der Waals surface area contributed by atoms with Gasteiger partial charge in [-0.05, 0) is 59.0 Å². The lowest BCUT2D eigenvalue weighted by molar-refractivity contribution is -0.151. The Balaban J connectivity index is 2.00. The van der Waals surface area contributed by atoms with E-state index in [0.717, 1.165) is 38.3 Å². The normalized spacial score (nSPS) is 30.8. The monoisotopic (exact) mass is 268 g/mol. The van der Waals surface area contributed by atoms with Crippen molar-refractivity contribution in [3.63, 3.8) is 0 Å². The number of ether oxygens (including phenoxy) is 1. The summed E-state index contributed by atoms with van der Waals surface area (Å²) in [5, 5.41) is 3.47. The van der Waals surface area contributed by atoms with Gasteiger partial charge in [-0.25, -0.2) is 0 Å². The number of nitrogens with zero attached hydrogens (tertiary/aromatic N) is 1. The number of carbonyl (C=O) groups is 1. The van der Waals surface area contributed by atoms with E-state index >= 15 is 0 Å². The second-order valence-electron chi connectivity index (χ2n) is 6.02. The third-order valence-electron chi connectivity index (χ3n) is 4.57. The molecule has 2 fully saturated rings. The standard InChI is InChI=1S/C15H28N2O2/c1-4-10-16-15(14(18)19-5-2)9-8-13(11-15)17(3)12-6-7-12/h12-13,16H,4-11H2,1-3H3. The average Bonchev–Trinajstić information content (AvgIpc) is 3.16. The van der Waals surface area contributed by atoms with Crippen LogP contribution in [0.5, 0.6) is 0 Å². The average molecular weight is 268 g/mol. The first-order chi connectivity index (χ1) is 9.13. The van der Waals surface area contributed by atoms with Gasteiger partial charge >= 0.3 is 5.97 Å². The summed E-state index contributed by atoms with van der Waals surface area (Å²) in [5.74, 6) is -0.0462. The predicted octanol–water partition coefficient (Wildman–Crippen LogP) is 1.93. The molecule has 0 heterocycles. The Kier molecular flexibility index (Phi) is 4.85. The topological polar surface area (TPSA) is 41.6 Å². The van der Waals surface area contributed by atoms with Crippen LogP contribution < -0.4 is 5.32 Å². The van der Waals surface area contributed by atoms with Crippen LogP contribution in [0.15, 0.2) is 0 Å². The van der Waals surface area contributed by atoms with Gasteiger partial charge in [0.05, 0.1) is 6.61 Å². The Labute approximate surface area is 116 Å². The predicted molar refractivity (Wildman–Crippen MR) is 76.1 cm³/mol. The SMILES string of the molecule is CCCNC1(C(=O)OCC)CCC(N(C)C2CC2)C1. The third kappa shape index (κ3) is 3.29. The van der Waals surface area contributed by atoms with Gasteiger partial charge in [-0.2, -0.15) is 0 Å². The van der Waals surface area contributed by atoms with Crippen LogP contribution >= 0.6 is 0 Å². The van der Waals surface area contributed by atoms with Gasteiger partial charge < -0.3 is 15.0 Å². The van der Waals surface area contributed by atoms with Gasteiger partial charge in [0.25, 0.3) is 0 Å². The van der Waals surface area contributed by atoms with E-state index in [4.69, 9.17) is 4.74 Å². The summed E-state index contributed by atoms with van der Waals surface area (Å²) < 4.78 is 5.31. The van der Waals surface area contributed by atoms with Crippen LogP contribution in [0.25, 0.3) is 0 Å². The Morgan fingerprint density at radius 3 is 2.63 bits per heavy atom. The van der Waals surface area contributed by atoms with Crippen molar-refractivity contribution in [1.82, 2.24) is 10.2 Å². The minimum atomic E-state index is -0.431. The fraction of sp³-hybridized carbons (Fsp3) is 0.933. The van der Waals surface area contributed by atoms with Crippen molar-refractivity contribution in [2.24, 2.45) is 0 Å². The molecule has 0 bridgehead atoms. The van der Waals surface area contributed by atoms with E-state index in [9.17, 15) is 4.79 Å². The smallest absolute Gasteiger partial charge is 0.326 e. The van der Waals surface area contributed by atoms with Gasteiger partial charge in [0.2, 0.25) is 0 Å². The van der Waals surface area contributed by atoms with Crippen molar-refractivity contribution in [2.45, 2.75) is 70.0 Å². The van der Waals surface area contributed by atoms with E-state index in [0.29, 0.717) is 12.6 Å². The lowest BCUT2D eigenvalue weighted by Crippen LogP contribution is -2.52. The molecule has 2 saturated carbocycles. The molecule has 0 aromatic carbocycles. The number of esters is 1. The van der Waals surface area contributed by atoms with Gasteiger partial charge in [0.1, 0.15) is 5.54 Å². The molecule has 2 unspecified atom stereocenters.